The maximum atomic E-state index is 12.6. The van der Waals surface area contributed by atoms with Crippen LogP contribution in [-0.2, 0) is 0 Å². The summed E-state index contributed by atoms with van der Waals surface area (Å²) < 4.78 is 5.08. The van der Waals surface area contributed by atoms with Gasteiger partial charge >= 0.3 is 5.63 Å². The first kappa shape index (κ1) is 20.5. The van der Waals surface area contributed by atoms with E-state index in [9.17, 15) is 19.7 Å². The van der Waals surface area contributed by atoms with Gasteiger partial charge < -0.3 is 14.6 Å². The van der Waals surface area contributed by atoms with Crippen molar-refractivity contribution in [3.05, 3.63) is 74.6 Å². The van der Waals surface area contributed by atoms with Crippen molar-refractivity contribution in [3.8, 4) is 0 Å². The number of nitrogens with zero attached hydrogens (tertiary/aromatic N) is 2. The molecule has 1 aliphatic rings. The largest absolute Gasteiger partial charge is 0.423 e. The van der Waals surface area contributed by atoms with E-state index in [0.717, 1.165) is 25.9 Å². The number of rotatable bonds is 4. The minimum atomic E-state index is -0.555. The highest BCUT2D eigenvalue weighted by Gasteiger charge is 2.24. The Hall–Kier alpha value is -3.79. The van der Waals surface area contributed by atoms with Crippen molar-refractivity contribution >= 4 is 51.3 Å². The Morgan fingerprint density at radius 1 is 1.10 bits per heavy atom. The smallest absolute Gasteiger partial charge is 0.336 e. The molecule has 1 aromatic heterocycles. The Morgan fingerprint density at radius 2 is 1.87 bits per heavy atom. The summed E-state index contributed by atoms with van der Waals surface area (Å²) in [5.41, 5.74) is 1.12. The Labute approximate surface area is 181 Å². The second-order valence-corrected chi connectivity index (χ2v) is 7.48. The van der Waals surface area contributed by atoms with Gasteiger partial charge in [-0.1, -0.05) is 0 Å². The number of amides is 1. The van der Waals surface area contributed by atoms with Gasteiger partial charge in [-0.05, 0) is 61.5 Å². The van der Waals surface area contributed by atoms with Crippen molar-refractivity contribution in [2.24, 2.45) is 0 Å². The lowest BCUT2D eigenvalue weighted by Crippen LogP contribution is -2.34. The summed E-state index contributed by atoms with van der Waals surface area (Å²) >= 11 is 5.19. The summed E-state index contributed by atoms with van der Waals surface area (Å²) in [4.78, 5) is 36.8. The van der Waals surface area contributed by atoms with Crippen molar-refractivity contribution in [2.45, 2.75) is 12.8 Å². The first-order valence-corrected chi connectivity index (χ1v) is 10.0. The first-order chi connectivity index (χ1) is 14.9. The molecule has 31 heavy (non-hydrogen) atoms. The zero-order chi connectivity index (χ0) is 22.0. The fourth-order valence-electron chi connectivity index (χ4n) is 3.52. The Balaban J connectivity index is 1.48. The quantitative estimate of drug-likeness (QED) is 0.275. The fraction of sp³-hybridized carbons (Fsp3) is 0.190. The van der Waals surface area contributed by atoms with E-state index in [1.54, 1.807) is 36.4 Å². The molecule has 2 aromatic carbocycles. The topological polar surface area (TPSA) is 118 Å². The lowest BCUT2D eigenvalue weighted by atomic mass is 10.1. The molecular weight excluding hydrogens is 420 g/mol. The standard InChI is InChI=1S/C21H18N4O5S/c26-19-8-4-13-11-15(5-7-18(13)30-19)22-21(31)23-20(27)14-3-6-16(17(12-14)25(28)29)24-9-1-2-10-24/h3-8,11-12H,1-2,9-10H2,(H2,22,23,27,31). The van der Waals surface area contributed by atoms with E-state index >= 15 is 0 Å². The van der Waals surface area contributed by atoms with Crippen LogP contribution < -0.4 is 21.2 Å². The molecular formula is C21H18N4O5S. The van der Waals surface area contributed by atoms with Gasteiger partial charge in [0.15, 0.2) is 5.11 Å². The molecule has 0 spiro atoms. The molecule has 1 saturated heterocycles. The number of nitro groups is 1. The molecule has 4 rings (SSSR count). The third-order valence-electron chi connectivity index (χ3n) is 4.99. The summed E-state index contributed by atoms with van der Waals surface area (Å²) in [5.74, 6) is -0.555. The third-order valence-corrected chi connectivity index (χ3v) is 5.19. The van der Waals surface area contributed by atoms with Crippen molar-refractivity contribution in [1.29, 1.82) is 0 Å². The highest BCUT2D eigenvalue weighted by molar-refractivity contribution is 7.80. The van der Waals surface area contributed by atoms with Crippen molar-refractivity contribution in [1.82, 2.24) is 5.32 Å². The van der Waals surface area contributed by atoms with Gasteiger partial charge in [0.1, 0.15) is 11.3 Å². The van der Waals surface area contributed by atoms with Gasteiger partial charge in [0.05, 0.1) is 4.92 Å². The number of hydrogen-bond donors (Lipinski definition) is 2. The predicted molar refractivity (Wildman–Crippen MR) is 121 cm³/mol. The zero-order valence-electron chi connectivity index (χ0n) is 16.3. The van der Waals surface area contributed by atoms with Crippen LogP contribution in [0.25, 0.3) is 11.0 Å². The summed E-state index contributed by atoms with van der Waals surface area (Å²) in [6.07, 6.45) is 1.97. The van der Waals surface area contributed by atoms with E-state index < -0.39 is 16.5 Å². The molecule has 0 radical (unpaired) electrons. The van der Waals surface area contributed by atoms with Gasteiger partial charge in [0.25, 0.3) is 11.6 Å². The van der Waals surface area contributed by atoms with Crippen LogP contribution in [0.5, 0.6) is 0 Å². The molecule has 0 aliphatic carbocycles. The van der Waals surface area contributed by atoms with Crippen LogP contribution in [-0.4, -0.2) is 29.0 Å². The summed E-state index contributed by atoms with van der Waals surface area (Å²) in [5, 5.41) is 17.7. The van der Waals surface area contributed by atoms with E-state index in [0.29, 0.717) is 22.3 Å². The number of hydrogen-bond acceptors (Lipinski definition) is 7. The molecule has 1 aliphatic heterocycles. The molecule has 3 aromatic rings. The summed E-state index contributed by atoms with van der Waals surface area (Å²) in [7, 11) is 0. The molecule has 1 amide bonds. The average molecular weight is 438 g/mol. The van der Waals surface area contributed by atoms with Gasteiger partial charge in [-0.2, -0.15) is 0 Å². The van der Waals surface area contributed by atoms with Gasteiger partial charge in [-0.15, -0.1) is 0 Å². The minimum Gasteiger partial charge on any atom is -0.423 e. The van der Waals surface area contributed by atoms with Crippen LogP contribution in [0.15, 0.2) is 57.7 Å². The number of thiocarbonyl (C=S) groups is 1. The van der Waals surface area contributed by atoms with Crippen LogP contribution in [0, 0.1) is 10.1 Å². The number of nitro benzene ring substituents is 1. The van der Waals surface area contributed by atoms with Crippen molar-refractivity contribution in [2.75, 3.05) is 23.3 Å². The number of fused-ring (bicyclic) bond motifs is 1. The van der Waals surface area contributed by atoms with E-state index in [1.807, 2.05) is 4.90 Å². The normalized spacial score (nSPS) is 13.2. The van der Waals surface area contributed by atoms with Gasteiger partial charge in [-0.25, -0.2) is 4.79 Å². The van der Waals surface area contributed by atoms with E-state index in [4.69, 9.17) is 16.6 Å². The fourth-order valence-corrected chi connectivity index (χ4v) is 3.73. The number of carbonyl (C=O) groups is 1. The molecule has 1 fully saturated rings. The van der Waals surface area contributed by atoms with Crippen LogP contribution in [0.2, 0.25) is 0 Å². The third kappa shape index (κ3) is 4.53. The average Bonchev–Trinajstić information content (AvgIpc) is 3.28. The van der Waals surface area contributed by atoms with E-state index in [1.165, 1.54) is 12.1 Å². The molecule has 0 saturated carbocycles. The Kier molecular flexibility index (Phi) is 5.63. The molecule has 2 heterocycles. The number of carbonyl (C=O) groups excluding carboxylic acids is 1. The maximum absolute atomic E-state index is 12.6. The molecule has 2 N–H and O–H groups in total. The molecule has 0 unspecified atom stereocenters. The lowest BCUT2D eigenvalue weighted by molar-refractivity contribution is -0.384. The van der Waals surface area contributed by atoms with Crippen molar-refractivity contribution in [3.63, 3.8) is 0 Å². The molecule has 0 atom stereocenters. The Morgan fingerprint density at radius 3 is 2.61 bits per heavy atom. The zero-order valence-corrected chi connectivity index (χ0v) is 17.1. The second kappa shape index (κ2) is 8.52. The van der Waals surface area contributed by atoms with E-state index in [-0.39, 0.29) is 16.4 Å². The van der Waals surface area contributed by atoms with Crippen molar-refractivity contribution < 1.29 is 14.1 Å². The highest BCUT2D eigenvalue weighted by Crippen LogP contribution is 2.31. The molecule has 9 nitrogen and oxygen atoms in total. The van der Waals surface area contributed by atoms with E-state index in [2.05, 4.69) is 10.6 Å². The summed E-state index contributed by atoms with van der Waals surface area (Å²) in [6.45, 7) is 1.52. The minimum absolute atomic E-state index is 0.0352. The highest BCUT2D eigenvalue weighted by atomic mass is 32.1. The van der Waals surface area contributed by atoms with Crippen LogP contribution in [0.3, 0.4) is 0 Å². The number of nitrogens with one attached hydrogen (secondary N) is 2. The SMILES string of the molecule is O=C(NC(=S)Nc1ccc2oc(=O)ccc2c1)c1ccc(N2CCCC2)c([N+](=O)[O-])c1. The molecule has 10 heteroatoms. The molecule has 0 bridgehead atoms. The Bertz CT molecular complexity index is 1250. The maximum Gasteiger partial charge on any atom is 0.336 e. The van der Waals surface area contributed by atoms with Crippen LogP contribution in [0.4, 0.5) is 17.1 Å². The van der Waals surface area contributed by atoms with Gasteiger partial charge in [0.2, 0.25) is 0 Å². The lowest BCUT2D eigenvalue weighted by Gasteiger charge is -2.18. The van der Waals surface area contributed by atoms with Gasteiger partial charge in [0, 0.05) is 41.9 Å². The monoisotopic (exact) mass is 438 g/mol. The molecule has 158 valence electrons. The summed E-state index contributed by atoms with van der Waals surface area (Å²) in [6, 6.07) is 12.3. The number of benzene rings is 2. The first-order valence-electron chi connectivity index (χ1n) is 9.60. The van der Waals surface area contributed by atoms with Crippen LogP contribution >= 0.6 is 12.2 Å². The second-order valence-electron chi connectivity index (χ2n) is 7.07. The van der Waals surface area contributed by atoms with Gasteiger partial charge in [-0.3, -0.25) is 20.2 Å². The van der Waals surface area contributed by atoms with Crippen LogP contribution in [0.1, 0.15) is 23.2 Å². The number of anilines is 2. The predicted octanol–water partition coefficient (Wildman–Crippen LogP) is 3.43.